The van der Waals surface area contributed by atoms with Gasteiger partial charge in [-0.05, 0) is 48.7 Å². The topological polar surface area (TPSA) is 55.4 Å². The van der Waals surface area contributed by atoms with E-state index >= 15 is 0 Å². The molecule has 2 aromatic carbocycles. The number of ketones is 1. The monoisotopic (exact) mass is 325 g/mol. The molecule has 1 amide bonds. The number of nitrogens with one attached hydrogen (secondary N) is 1. The second kappa shape index (κ2) is 8.41. The fourth-order valence-corrected chi connectivity index (χ4v) is 2.42. The van der Waals surface area contributed by atoms with Gasteiger partial charge in [0.05, 0.1) is 6.61 Å². The summed E-state index contributed by atoms with van der Waals surface area (Å²) >= 11 is 0. The fourth-order valence-electron chi connectivity index (χ4n) is 2.42. The van der Waals surface area contributed by atoms with Crippen molar-refractivity contribution in [3.63, 3.8) is 0 Å². The first-order valence-electron chi connectivity index (χ1n) is 7.98. The van der Waals surface area contributed by atoms with E-state index in [9.17, 15) is 9.59 Å². The standard InChI is InChI=1S/C20H23NO3/c1-14-7-8-17(11-15(14)2)19(22)9-10-20(23)21-18-6-4-5-16(12-18)13-24-3/h4-8,11-12H,9-10,13H2,1-3H3,(H,21,23). The highest BCUT2D eigenvalue weighted by atomic mass is 16.5. The molecule has 0 radical (unpaired) electrons. The molecular weight excluding hydrogens is 302 g/mol. The molecule has 4 nitrogen and oxygen atoms in total. The summed E-state index contributed by atoms with van der Waals surface area (Å²) in [7, 11) is 1.63. The van der Waals surface area contributed by atoms with Gasteiger partial charge in [0.1, 0.15) is 0 Å². The van der Waals surface area contributed by atoms with Crippen LogP contribution in [0.25, 0.3) is 0 Å². The van der Waals surface area contributed by atoms with Crippen LogP contribution in [0.1, 0.15) is 39.9 Å². The van der Waals surface area contributed by atoms with Gasteiger partial charge in [-0.15, -0.1) is 0 Å². The molecule has 0 bridgehead atoms. The van der Waals surface area contributed by atoms with Crippen LogP contribution in [0.2, 0.25) is 0 Å². The Labute approximate surface area is 142 Å². The Morgan fingerprint density at radius 2 is 1.79 bits per heavy atom. The van der Waals surface area contributed by atoms with Gasteiger partial charge in [0.2, 0.25) is 5.91 Å². The van der Waals surface area contributed by atoms with E-state index in [2.05, 4.69) is 5.32 Å². The molecule has 0 aliphatic heterocycles. The first-order chi connectivity index (χ1) is 11.5. The van der Waals surface area contributed by atoms with Gasteiger partial charge in [0.25, 0.3) is 0 Å². The zero-order valence-corrected chi connectivity index (χ0v) is 14.4. The number of carbonyl (C=O) groups is 2. The van der Waals surface area contributed by atoms with E-state index in [-0.39, 0.29) is 24.5 Å². The minimum atomic E-state index is -0.165. The third-order valence-electron chi connectivity index (χ3n) is 3.93. The van der Waals surface area contributed by atoms with Crippen molar-refractivity contribution in [3.05, 3.63) is 64.7 Å². The minimum absolute atomic E-state index is 0.0126. The van der Waals surface area contributed by atoms with E-state index in [4.69, 9.17) is 4.74 Å². The van der Waals surface area contributed by atoms with Crippen LogP contribution in [0, 0.1) is 13.8 Å². The molecule has 0 saturated heterocycles. The zero-order valence-electron chi connectivity index (χ0n) is 14.4. The van der Waals surface area contributed by atoms with E-state index in [1.807, 2.05) is 56.3 Å². The maximum atomic E-state index is 12.2. The summed E-state index contributed by atoms with van der Waals surface area (Å²) in [5.41, 5.74) is 4.60. The zero-order chi connectivity index (χ0) is 17.5. The number of hydrogen-bond donors (Lipinski definition) is 1. The molecule has 4 heteroatoms. The first-order valence-corrected chi connectivity index (χ1v) is 7.98. The number of benzene rings is 2. The Morgan fingerprint density at radius 1 is 1.00 bits per heavy atom. The molecule has 0 fully saturated rings. The number of methoxy groups -OCH3 is 1. The Balaban J connectivity index is 1.89. The Hall–Kier alpha value is -2.46. The number of Topliss-reactive ketones (excluding diaryl/α,β-unsaturated/α-hetero) is 1. The van der Waals surface area contributed by atoms with Crippen molar-refractivity contribution in [2.45, 2.75) is 33.3 Å². The van der Waals surface area contributed by atoms with E-state index in [0.29, 0.717) is 17.9 Å². The van der Waals surface area contributed by atoms with Gasteiger partial charge in [0.15, 0.2) is 5.78 Å². The van der Waals surface area contributed by atoms with E-state index in [1.165, 1.54) is 0 Å². The second-order valence-corrected chi connectivity index (χ2v) is 5.90. The molecule has 126 valence electrons. The lowest BCUT2D eigenvalue weighted by atomic mass is 10.0. The maximum Gasteiger partial charge on any atom is 0.224 e. The summed E-state index contributed by atoms with van der Waals surface area (Å²) in [5, 5.41) is 2.82. The highest BCUT2D eigenvalue weighted by molar-refractivity contribution is 6.00. The summed E-state index contributed by atoms with van der Waals surface area (Å²) in [6.07, 6.45) is 0.367. The average Bonchev–Trinajstić information content (AvgIpc) is 2.56. The highest BCUT2D eigenvalue weighted by Crippen LogP contribution is 2.14. The summed E-state index contributed by atoms with van der Waals surface area (Å²) < 4.78 is 5.08. The SMILES string of the molecule is COCc1cccc(NC(=O)CCC(=O)c2ccc(C)c(C)c2)c1. The molecule has 0 aliphatic carbocycles. The van der Waals surface area contributed by atoms with Crippen LogP contribution in [-0.4, -0.2) is 18.8 Å². The molecule has 0 saturated carbocycles. The fraction of sp³-hybridized carbons (Fsp3) is 0.300. The van der Waals surface area contributed by atoms with Gasteiger partial charge < -0.3 is 10.1 Å². The average molecular weight is 325 g/mol. The molecule has 0 aliphatic rings. The van der Waals surface area contributed by atoms with E-state index in [1.54, 1.807) is 7.11 Å². The van der Waals surface area contributed by atoms with Gasteiger partial charge in [-0.2, -0.15) is 0 Å². The molecule has 0 spiro atoms. The quantitative estimate of drug-likeness (QED) is 0.781. The Bertz CT molecular complexity index is 737. The number of amides is 1. The Morgan fingerprint density at radius 3 is 2.50 bits per heavy atom. The van der Waals surface area contributed by atoms with Gasteiger partial charge in [-0.3, -0.25) is 9.59 Å². The third-order valence-corrected chi connectivity index (χ3v) is 3.93. The van der Waals surface area contributed by atoms with Crippen LogP contribution < -0.4 is 5.32 Å². The van der Waals surface area contributed by atoms with Crippen LogP contribution >= 0.6 is 0 Å². The van der Waals surface area contributed by atoms with Crippen LogP contribution in [0.4, 0.5) is 5.69 Å². The second-order valence-electron chi connectivity index (χ2n) is 5.90. The van der Waals surface area contributed by atoms with Crippen molar-refractivity contribution >= 4 is 17.4 Å². The predicted molar refractivity (Wildman–Crippen MR) is 95.3 cm³/mol. The number of aryl methyl sites for hydroxylation is 2. The minimum Gasteiger partial charge on any atom is -0.380 e. The first kappa shape index (κ1) is 17.9. The number of carbonyl (C=O) groups excluding carboxylic acids is 2. The predicted octanol–water partition coefficient (Wildman–Crippen LogP) is 4.05. The highest BCUT2D eigenvalue weighted by Gasteiger charge is 2.10. The van der Waals surface area contributed by atoms with Crippen molar-refractivity contribution in [2.24, 2.45) is 0 Å². The number of rotatable bonds is 7. The lowest BCUT2D eigenvalue weighted by Crippen LogP contribution is -2.13. The van der Waals surface area contributed by atoms with Crippen LogP contribution in [0.5, 0.6) is 0 Å². The molecule has 1 N–H and O–H groups in total. The molecular formula is C20H23NO3. The lowest BCUT2D eigenvalue weighted by molar-refractivity contribution is -0.116. The van der Waals surface area contributed by atoms with E-state index in [0.717, 1.165) is 16.7 Å². The van der Waals surface area contributed by atoms with E-state index < -0.39 is 0 Å². The summed E-state index contributed by atoms with van der Waals surface area (Å²) in [5.74, 6) is -0.178. The molecule has 0 unspecified atom stereocenters. The van der Waals surface area contributed by atoms with Crippen molar-refractivity contribution in [1.82, 2.24) is 0 Å². The summed E-state index contributed by atoms with van der Waals surface area (Å²) in [6.45, 7) is 4.48. The van der Waals surface area contributed by atoms with Crippen molar-refractivity contribution < 1.29 is 14.3 Å². The van der Waals surface area contributed by atoms with Gasteiger partial charge in [-0.1, -0.05) is 24.3 Å². The summed E-state index contributed by atoms with van der Waals surface area (Å²) in [4.78, 5) is 24.3. The van der Waals surface area contributed by atoms with Crippen LogP contribution in [0.3, 0.4) is 0 Å². The molecule has 0 aromatic heterocycles. The molecule has 2 rings (SSSR count). The summed E-state index contributed by atoms with van der Waals surface area (Å²) in [6, 6.07) is 13.1. The largest absolute Gasteiger partial charge is 0.380 e. The third kappa shape index (κ3) is 5.03. The van der Waals surface area contributed by atoms with Gasteiger partial charge >= 0.3 is 0 Å². The molecule has 2 aromatic rings. The normalized spacial score (nSPS) is 10.5. The number of anilines is 1. The number of ether oxygens (including phenoxy) is 1. The number of hydrogen-bond acceptors (Lipinski definition) is 3. The van der Waals surface area contributed by atoms with Gasteiger partial charge in [0, 0.05) is 31.2 Å². The van der Waals surface area contributed by atoms with Gasteiger partial charge in [-0.25, -0.2) is 0 Å². The lowest BCUT2D eigenvalue weighted by Gasteiger charge is -2.08. The van der Waals surface area contributed by atoms with Crippen molar-refractivity contribution in [1.29, 1.82) is 0 Å². The smallest absolute Gasteiger partial charge is 0.224 e. The molecule has 24 heavy (non-hydrogen) atoms. The maximum absolute atomic E-state index is 12.2. The molecule has 0 atom stereocenters. The molecule has 0 heterocycles. The Kier molecular flexibility index (Phi) is 6.27. The van der Waals surface area contributed by atoms with Crippen LogP contribution in [0.15, 0.2) is 42.5 Å². The van der Waals surface area contributed by atoms with Crippen molar-refractivity contribution in [2.75, 3.05) is 12.4 Å². The van der Waals surface area contributed by atoms with Crippen LogP contribution in [-0.2, 0) is 16.1 Å². The van der Waals surface area contributed by atoms with Crippen molar-refractivity contribution in [3.8, 4) is 0 Å².